The largest absolute Gasteiger partial charge is 0.468 e. The third-order valence-electron chi connectivity index (χ3n) is 3.82. The van der Waals surface area contributed by atoms with Crippen LogP contribution in [-0.2, 0) is 10.0 Å². The Bertz CT molecular complexity index is 1040. The lowest BCUT2D eigenvalue weighted by Gasteiger charge is -2.32. The highest BCUT2D eigenvalue weighted by Crippen LogP contribution is 2.30. The highest BCUT2D eigenvalue weighted by molar-refractivity contribution is 7.89. The van der Waals surface area contributed by atoms with E-state index in [-0.39, 0.29) is 12.2 Å². The molecule has 0 heterocycles. The van der Waals surface area contributed by atoms with Crippen LogP contribution in [0.2, 0.25) is 0 Å². The Hall–Kier alpha value is -2.72. The van der Waals surface area contributed by atoms with Crippen LogP contribution in [0.5, 0.6) is 5.75 Å². The van der Waals surface area contributed by atoms with Gasteiger partial charge in [-0.1, -0.05) is 36.4 Å². The topological polar surface area (TPSA) is 55.4 Å². The first-order chi connectivity index (χ1) is 13.2. The summed E-state index contributed by atoms with van der Waals surface area (Å²) < 4.78 is 101. The average molecular weight is 417 g/mol. The number of halogens is 5. The number of ether oxygens (including phenoxy) is 1. The average Bonchev–Trinajstić information content (AvgIpc) is 2.65. The van der Waals surface area contributed by atoms with Gasteiger partial charge in [0.05, 0.1) is 0 Å². The third kappa shape index (κ3) is 3.65. The summed E-state index contributed by atoms with van der Waals surface area (Å²) in [6.45, 7) is 0. The van der Waals surface area contributed by atoms with Crippen LogP contribution in [0.4, 0.5) is 22.0 Å². The van der Waals surface area contributed by atoms with E-state index in [1.54, 1.807) is 24.3 Å². The van der Waals surface area contributed by atoms with Crippen molar-refractivity contribution in [2.75, 3.05) is 0 Å². The Kier molecular flexibility index (Phi) is 5.26. The molecule has 4 nitrogen and oxygen atoms in total. The monoisotopic (exact) mass is 417 g/mol. The Morgan fingerprint density at radius 2 is 1.43 bits per heavy atom. The molecular formula is C18H12F5NO3S. The fourth-order valence-electron chi connectivity index (χ4n) is 2.57. The number of allylic oxidation sites excluding steroid dienone is 2. The Morgan fingerprint density at radius 3 is 1.96 bits per heavy atom. The van der Waals surface area contributed by atoms with E-state index in [1.165, 1.54) is 30.4 Å². The molecule has 28 heavy (non-hydrogen) atoms. The molecule has 10 heteroatoms. The molecule has 1 aliphatic rings. The van der Waals surface area contributed by atoms with Gasteiger partial charge in [0.15, 0.2) is 33.9 Å². The van der Waals surface area contributed by atoms with Crippen molar-refractivity contribution < 1.29 is 35.1 Å². The zero-order valence-corrected chi connectivity index (χ0v) is 14.7. The molecule has 0 spiro atoms. The van der Waals surface area contributed by atoms with Gasteiger partial charge in [-0.25, -0.2) is 30.4 Å². The number of sulfonamides is 1. The number of para-hydroxylation sites is 1. The van der Waals surface area contributed by atoms with Crippen LogP contribution < -0.4 is 9.46 Å². The van der Waals surface area contributed by atoms with Crippen LogP contribution in [0.25, 0.3) is 0 Å². The molecule has 3 rings (SSSR count). The van der Waals surface area contributed by atoms with Crippen molar-refractivity contribution in [3.8, 4) is 5.75 Å². The predicted molar refractivity (Wildman–Crippen MR) is 89.3 cm³/mol. The Labute approximate surface area is 157 Å². The third-order valence-corrected chi connectivity index (χ3v) is 5.33. The molecule has 148 valence electrons. The minimum atomic E-state index is -5.22. The van der Waals surface area contributed by atoms with Gasteiger partial charge in [0, 0.05) is 6.42 Å². The number of benzene rings is 2. The molecule has 0 aliphatic heterocycles. The molecule has 2 aromatic rings. The van der Waals surface area contributed by atoms with Gasteiger partial charge in [0.25, 0.3) is 0 Å². The number of hydrogen-bond donors (Lipinski definition) is 1. The van der Waals surface area contributed by atoms with E-state index in [0.29, 0.717) is 0 Å². The minimum absolute atomic E-state index is 0.104. The molecule has 1 N–H and O–H groups in total. The second-order valence-corrected chi connectivity index (χ2v) is 7.42. The van der Waals surface area contributed by atoms with Crippen LogP contribution in [0.1, 0.15) is 6.42 Å². The van der Waals surface area contributed by atoms with Crippen molar-refractivity contribution in [3.63, 3.8) is 0 Å². The molecular weight excluding hydrogens is 405 g/mol. The first-order valence-electron chi connectivity index (χ1n) is 7.81. The maximum Gasteiger partial charge on any atom is 0.250 e. The number of hydrogen-bond acceptors (Lipinski definition) is 3. The highest BCUT2D eigenvalue weighted by Gasteiger charge is 2.40. The van der Waals surface area contributed by atoms with Gasteiger partial charge in [-0.05, 0) is 18.2 Å². The molecule has 0 saturated carbocycles. The Morgan fingerprint density at radius 1 is 0.857 bits per heavy atom. The summed E-state index contributed by atoms with van der Waals surface area (Å²) in [7, 11) is -5.22. The molecule has 0 saturated heterocycles. The maximum atomic E-state index is 14.0. The summed E-state index contributed by atoms with van der Waals surface area (Å²) in [6.07, 6.45) is 5.63. The summed E-state index contributed by atoms with van der Waals surface area (Å²) >= 11 is 0. The van der Waals surface area contributed by atoms with E-state index in [1.807, 2.05) is 4.72 Å². The second-order valence-electron chi connectivity index (χ2n) is 5.80. The SMILES string of the molecule is O=S(=O)(NC1(Oc2ccccc2)C=CC=CC1)c1c(F)c(F)c(F)c(F)c1F. The number of nitrogens with one attached hydrogen (secondary N) is 1. The van der Waals surface area contributed by atoms with E-state index in [9.17, 15) is 30.4 Å². The van der Waals surface area contributed by atoms with Crippen LogP contribution in [-0.4, -0.2) is 14.1 Å². The minimum Gasteiger partial charge on any atom is -0.468 e. The van der Waals surface area contributed by atoms with Gasteiger partial charge in [0.1, 0.15) is 5.75 Å². The van der Waals surface area contributed by atoms with E-state index in [4.69, 9.17) is 4.74 Å². The molecule has 2 aromatic carbocycles. The normalized spacial score (nSPS) is 19.0. The molecule has 0 fully saturated rings. The first kappa shape index (κ1) is 20.0. The van der Waals surface area contributed by atoms with Gasteiger partial charge < -0.3 is 4.74 Å². The van der Waals surface area contributed by atoms with Crippen LogP contribution >= 0.6 is 0 Å². The fraction of sp³-hybridized carbons (Fsp3) is 0.111. The number of rotatable bonds is 5. The quantitative estimate of drug-likeness (QED) is 0.347. The molecule has 1 atom stereocenters. The van der Waals surface area contributed by atoms with E-state index >= 15 is 0 Å². The first-order valence-corrected chi connectivity index (χ1v) is 9.29. The molecule has 0 amide bonds. The van der Waals surface area contributed by atoms with Crippen LogP contribution in [0, 0.1) is 29.1 Å². The lowest BCUT2D eigenvalue weighted by molar-refractivity contribution is 0.110. The molecule has 1 unspecified atom stereocenters. The predicted octanol–water partition coefficient (Wildman–Crippen LogP) is 3.95. The molecule has 0 radical (unpaired) electrons. The fourth-order valence-corrected chi connectivity index (χ4v) is 3.97. The van der Waals surface area contributed by atoms with Crippen LogP contribution in [0.15, 0.2) is 59.5 Å². The zero-order valence-electron chi connectivity index (χ0n) is 13.9. The lowest BCUT2D eigenvalue weighted by atomic mass is 10.1. The van der Waals surface area contributed by atoms with E-state index in [0.717, 1.165) is 0 Å². The van der Waals surface area contributed by atoms with Crippen molar-refractivity contribution in [2.45, 2.75) is 17.0 Å². The zero-order chi connectivity index (χ0) is 20.5. The maximum absolute atomic E-state index is 14.0. The van der Waals surface area contributed by atoms with Crippen molar-refractivity contribution >= 4 is 10.0 Å². The van der Waals surface area contributed by atoms with E-state index in [2.05, 4.69) is 0 Å². The van der Waals surface area contributed by atoms with Gasteiger partial charge in [0.2, 0.25) is 15.8 Å². The standard InChI is InChI=1S/C18H12F5NO3S/c19-12-13(20)15(22)17(16(23)14(12)21)28(25,26)24-18(9-5-2-6-10-18)27-11-7-3-1-4-8-11/h1-9,24H,10H2. The molecule has 1 aliphatic carbocycles. The van der Waals surface area contributed by atoms with Gasteiger partial charge >= 0.3 is 0 Å². The van der Waals surface area contributed by atoms with Gasteiger partial charge in [-0.15, -0.1) is 0 Å². The Balaban J connectivity index is 2.07. The van der Waals surface area contributed by atoms with Crippen molar-refractivity contribution in [2.24, 2.45) is 0 Å². The highest BCUT2D eigenvalue weighted by atomic mass is 32.2. The molecule has 0 aromatic heterocycles. The summed E-state index contributed by atoms with van der Waals surface area (Å²) in [5, 5.41) is 0. The van der Waals surface area contributed by atoms with Crippen LogP contribution in [0.3, 0.4) is 0 Å². The van der Waals surface area contributed by atoms with Gasteiger partial charge in [-0.2, -0.15) is 4.72 Å². The smallest absolute Gasteiger partial charge is 0.250 e. The summed E-state index contributed by atoms with van der Waals surface area (Å²) in [4.78, 5) is -1.98. The summed E-state index contributed by atoms with van der Waals surface area (Å²) in [5.41, 5.74) is -1.84. The summed E-state index contributed by atoms with van der Waals surface area (Å²) in [5.74, 6) is -11.9. The van der Waals surface area contributed by atoms with Crippen molar-refractivity contribution in [1.82, 2.24) is 4.72 Å². The second kappa shape index (κ2) is 7.36. The lowest BCUT2D eigenvalue weighted by Crippen LogP contribution is -2.52. The molecule has 0 bridgehead atoms. The van der Waals surface area contributed by atoms with Crippen molar-refractivity contribution in [3.05, 3.63) is 83.7 Å². The summed E-state index contributed by atoms with van der Waals surface area (Å²) in [6, 6.07) is 7.88. The van der Waals surface area contributed by atoms with E-state index < -0.39 is 49.7 Å². The van der Waals surface area contributed by atoms with Crippen molar-refractivity contribution in [1.29, 1.82) is 0 Å². The van der Waals surface area contributed by atoms with Gasteiger partial charge in [-0.3, -0.25) is 0 Å².